The van der Waals surface area contributed by atoms with Crippen molar-refractivity contribution in [3.05, 3.63) is 0 Å². The third kappa shape index (κ3) is 6.28. The maximum atomic E-state index is 11.7. The van der Waals surface area contributed by atoms with Crippen molar-refractivity contribution in [1.82, 2.24) is 4.90 Å². The van der Waals surface area contributed by atoms with Crippen LogP contribution in [0, 0.1) is 5.41 Å². The molecule has 0 aliphatic carbocycles. The lowest BCUT2D eigenvalue weighted by molar-refractivity contribution is -0.130. The predicted molar refractivity (Wildman–Crippen MR) is 70.7 cm³/mol. The van der Waals surface area contributed by atoms with E-state index in [0.29, 0.717) is 13.1 Å². The van der Waals surface area contributed by atoms with Crippen molar-refractivity contribution in [2.24, 2.45) is 11.1 Å². The third-order valence-corrected chi connectivity index (χ3v) is 3.20. The Balaban J connectivity index is 0. The smallest absolute Gasteiger partial charge is 0.235 e. The molecule has 0 spiro atoms. The van der Waals surface area contributed by atoms with Crippen LogP contribution < -0.4 is 5.73 Å². The van der Waals surface area contributed by atoms with Crippen LogP contribution in [0.15, 0.2) is 0 Å². The Morgan fingerprint density at radius 3 is 2.33 bits per heavy atom. The number of rotatable bonds is 5. The molecule has 0 bridgehead atoms. The lowest BCUT2D eigenvalue weighted by Crippen LogP contribution is -2.42. The maximum Gasteiger partial charge on any atom is 0.235 e. The molecule has 0 fully saturated rings. The van der Waals surface area contributed by atoms with Gasteiger partial charge in [-0.25, -0.2) is 0 Å². The van der Waals surface area contributed by atoms with Crippen LogP contribution in [0.3, 0.4) is 0 Å². The van der Waals surface area contributed by atoms with Crippen molar-refractivity contribution in [2.45, 2.75) is 26.0 Å². The highest BCUT2D eigenvalue weighted by Crippen LogP contribution is 2.16. The van der Waals surface area contributed by atoms with E-state index < -0.39 is 0 Å². The molecule has 92 valence electrons. The molecular formula is C10H23ClN2OS. The molecule has 1 amide bonds. The molecule has 0 rings (SSSR count). The first-order valence-electron chi connectivity index (χ1n) is 4.82. The summed E-state index contributed by atoms with van der Waals surface area (Å²) < 4.78 is 0. The molecule has 0 saturated carbocycles. The average Bonchev–Trinajstić information content (AvgIpc) is 2.14. The second-order valence-electron chi connectivity index (χ2n) is 4.44. The fourth-order valence-electron chi connectivity index (χ4n) is 1.20. The Hall–Kier alpha value is 0.0700. The van der Waals surface area contributed by atoms with Gasteiger partial charge in [0, 0.05) is 13.6 Å². The topological polar surface area (TPSA) is 46.3 Å². The largest absolute Gasteiger partial charge is 0.344 e. The molecule has 5 heteroatoms. The van der Waals surface area contributed by atoms with Crippen LogP contribution in [0.5, 0.6) is 0 Å². The summed E-state index contributed by atoms with van der Waals surface area (Å²) in [6.45, 7) is 7.38. The summed E-state index contributed by atoms with van der Waals surface area (Å²) in [5, 5.41) is 0.0357. The van der Waals surface area contributed by atoms with E-state index in [1.807, 2.05) is 20.2 Å². The van der Waals surface area contributed by atoms with Crippen LogP contribution in [0.2, 0.25) is 0 Å². The Kier molecular flexibility index (Phi) is 8.57. The zero-order chi connectivity index (χ0) is 11.4. The minimum absolute atomic E-state index is 0. The number of thioether (sulfide) groups is 1. The highest BCUT2D eigenvalue weighted by Gasteiger charge is 2.23. The number of carbonyl (C=O) groups is 1. The van der Waals surface area contributed by atoms with Gasteiger partial charge in [0.1, 0.15) is 0 Å². The van der Waals surface area contributed by atoms with Crippen molar-refractivity contribution >= 4 is 30.1 Å². The Morgan fingerprint density at radius 1 is 1.53 bits per heavy atom. The zero-order valence-corrected chi connectivity index (χ0v) is 11.9. The Bertz CT molecular complexity index is 200. The highest BCUT2D eigenvalue weighted by molar-refractivity contribution is 7.99. The lowest BCUT2D eigenvalue weighted by Gasteiger charge is -2.30. The van der Waals surface area contributed by atoms with Gasteiger partial charge in [-0.05, 0) is 25.1 Å². The van der Waals surface area contributed by atoms with Gasteiger partial charge < -0.3 is 10.6 Å². The predicted octanol–water partition coefficient (Wildman–Crippen LogP) is 1.60. The van der Waals surface area contributed by atoms with Gasteiger partial charge in [-0.1, -0.05) is 13.8 Å². The second kappa shape index (κ2) is 7.36. The van der Waals surface area contributed by atoms with Crippen molar-refractivity contribution in [3.8, 4) is 0 Å². The summed E-state index contributed by atoms with van der Waals surface area (Å²) in [6, 6.07) is 0. The lowest BCUT2D eigenvalue weighted by atomic mass is 9.93. The van der Waals surface area contributed by atoms with Gasteiger partial charge in [-0.15, -0.1) is 12.4 Å². The zero-order valence-electron chi connectivity index (χ0n) is 10.2. The molecule has 0 aromatic heterocycles. The fraction of sp³-hybridized carbons (Fsp3) is 0.900. The maximum absolute atomic E-state index is 11.7. The quantitative estimate of drug-likeness (QED) is 0.811. The molecule has 0 aliphatic heterocycles. The SMILES string of the molecule is CSC(C)C(=O)N(C)CC(C)(C)CN.Cl. The summed E-state index contributed by atoms with van der Waals surface area (Å²) in [5.41, 5.74) is 5.62. The summed E-state index contributed by atoms with van der Waals surface area (Å²) in [6.07, 6.45) is 1.95. The highest BCUT2D eigenvalue weighted by atomic mass is 35.5. The number of amides is 1. The number of hydrogen-bond acceptors (Lipinski definition) is 3. The minimum Gasteiger partial charge on any atom is -0.344 e. The van der Waals surface area contributed by atoms with E-state index in [-0.39, 0.29) is 29.0 Å². The molecule has 0 saturated heterocycles. The molecule has 0 aliphatic rings. The van der Waals surface area contributed by atoms with Crippen molar-refractivity contribution < 1.29 is 4.79 Å². The van der Waals surface area contributed by atoms with Gasteiger partial charge in [0.2, 0.25) is 5.91 Å². The third-order valence-electron chi connectivity index (χ3n) is 2.30. The number of carbonyl (C=O) groups excluding carboxylic acids is 1. The normalized spacial score (nSPS) is 12.9. The summed E-state index contributed by atoms with van der Waals surface area (Å²) in [5.74, 6) is 0.180. The van der Waals surface area contributed by atoms with Crippen molar-refractivity contribution in [3.63, 3.8) is 0 Å². The van der Waals surface area contributed by atoms with E-state index in [1.54, 1.807) is 16.7 Å². The number of hydrogen-bond donors (Lipinski definition) is 1. The monoisotopic (exact) mass is 254 g/mol. The standard InChI is InChI=1S/C10H22N2OS.ClH/c1-8(14-5)9(13)12(4)7-10(2,3)6-11;/h8H,6-7,11H2,1-5H3;1H. The minimum atomic E-state index is 0. The molecule has 1 atom stereocenters. The first kappa shape index (κ1) is 17.5. The molecule has 1 unspecified atom stereocenters. The Morgan fingerprint density at radius 2 is 2.00 bits per heavy atom. The van der Waals surface area contributed by atoms with E-state index in [2.05, 4.69) is 13.8 Å². The molecule has 15 heavy (non-hydrogen) atoms. The average molecular weight is 255 g/mol. The van der Waals surface area contributed by atoms with E-state index in [9.17, 15) is 4.79 Å². The molecule has 0 heterocycles. The van der Waals surface area contributed by atoms with Gasteiger partial charge in [0.05, 0.1) is 5.25 Å². The van der Waals surface area contributed by atoms with Crippen LogP contribution in [-0.2, 0) is 4.79 Å². The van der Waals surface area contributed by atoms with Crippen molar-refractivity contribution in [1.29, 1.82) is 0 Å². The summed E-state index contributed by atoms with van der Waals surface area (Å²) in [7, 11) is 1.84. The van der Waals surface area contributed by atoms with Crippen LogP contribution in [0.25, 0.3) is 0 Å². The van der Waals surface area contributed by atoms with Gasteiger partial charge in [0.25, 0.3) is 0 Å². The number of nitrogens with two attached hydrogens (primary N) is 1. The summed E-state index contributed by atoms with van der Waals surface area (Å²) in [4.78, 5) is 13.5. The molecule has 0 aromatic carbocycles. The molecule has 0 aromatic rings. The molecule has 3 nitrogen and oxygen atoms in total. The first-order valence-corrected chi connectivity index (χ1v) is 6.10. The first-order chi connectivity index (χ1) is 6.34. The molecular weight excluding hydrogens is 232 g/mol. The van der Waals surface area contributed by atoms with E-state index in [4.69, 9.17) is 5.73 Å². The van der Waals surface area contributed by atoms with Crippen molar-refractivity contribution in [2.75, 3.05) is 26.4 Å². The number of halogens is 1. The van der Waals surface area contributed by atoms with Gasteiger partial charge >= 0.3 is 0 Å². The second-order valence-corrected chi connectivity index (χ2v) is 5.62. The van der Waals surface area contributed by atoms with Crippen LogP contribution in [0.1, 0.15) is 20.8 Å². The van der Waals surface area contributed by atoms with Gasteiger partial charge in [-0.2, -0.15) is 11.8 Å². The molecule has 2 N–H and O–H groups in total. The van der Waals surface area contributed by atoms with E-state index >= 15 is 0 Å². The van der Waals surface area contributed by atoms with Crippen LogP contribution >= 0.6 is 24.2 Å². The van der Waals surface area contributed by atoms with E-state index in [1.165, 1.54) is 0 Å². The summed E-state index contributed by atoms with van der Waals surface area (Å²) >= 11 is 1.57. The van der Waals surface area contributed by atoms with Crippen LogP contribution in [0.4, 0.5) is 0 Å². The van der Waals surface area contributed by atoms with E-state index in [0.717, 1.165) is 0 Å². The van der Waals surface area contributed by atoms with Gasteiger partial charge in [0.15, 0.2) is 0 Å². The fourth-order valence-corrected chi connectivity index (χ4v) is 1.58. The van der Waals surface area contributed by atoms with Crippen LogP contribution in [-0.4, -0.2) is 42.4 Å². The Labute approximate surface area is 104 Å². The number of nitrogens with zero attached hydrogens (tertiary/aromatic N) is 1. The molecule has 0 radical (unpaired) electrons. The van der Waals surface area contributed by atoms with Gasteiger partial charge in [-0.3, -0.25) is 4.79 Å².